The molecule has 1 amide bonds. The summed E-state index contributed by atoms with van der Waals surface area (Å²) in [6, 6.07) is 15.4. The number of carbonyl (C=O) groups is 1. The molecule has 0 saturated heterocycles. The van der Waals surface area contributed by atoms with E-state index in [1.165, 1.54) is 0 Å². The van der Waals surface area contributed by atoms with Crippen LogP contribution in [0.15, 0.2) is 48.5 Å². The Morgan fingerprint density at radius 2 is 1.71 bits per heavy atom. The number of para-hydroxylation sites is 1. The van der Waals surface area contributed by atoms with Crippen molar-refractivity contribution in [2.75, 3.05) is 31.4 Å². The fourth-order valence-corrected chi connectivity index (χ4v) is 2.09. The lowest BCUT2D eigenvalue weighted by molar-refractivity contribution is 0.102. The third-order valence-corrected chi connectivity index (χ3v) is 3.28. The quantitative estimate of drug-likeness (QED) is 0.887. The summed E-state index contributed by atoms with van der Waals surface area (Å²) in [5.41, 5.74) is 3.63. The first-order chi connectivity index (χ1) is 10.1. The van der Waals surface area contributed by atoms with E-state index in [1.807, 2.05) is 74.6 Å². The minimum absolute atomic E-state index is 0.0936. The third kappa shape index (κ3) is 3.83. The van der Waals surface area contributed by atoms with E-state index in [0.717, 1.165) is 23.5 Å². The van der Waals surface area contributed by atoms with Crippen LogP contribution in [0.25, 0.3) is 0 Å². The van der Waals surface area contributed by atoms with Crippen molar-refractivity contribution in [1.82, 2.24) is 5.32 Å². The predicted octanol–water partition coefficient (Wildman–Crippen LogP) is 2.72. The molecule has 0 fully saturated rings. The lowest BCUT2D eigenvalue weighted by Crippen LogP contribution is -2.15. The highest BCUT2D eigenvalue weighted by molar-refractivity contribution is 6.04. The van der Waals surface area contributed by atoms with E-state index >= 15 is 0 Å². The van der Waals surface area contributed by atoms with E-state index < -0.39 is 0 Å². The molecule has 0 atom stereocenters. The van der Waals surface area contributed by atoms with E-state index in [0.29, 0.717) is 5.56 Å². The zero-order valence-electron chi connectivity index (χ0n) is 12.7. The molecule has 0 saturated carbocycles. The zero-order valence-corrected chi connectivity index (χ0v) is 12.7. The Labute approximate surface area is 125 Å². The van der Waals surface area contributed by atoms with Crippen LogP contribution >= 0.6 is 0 Å². The van der Waals surface area contributed by atoms with Crippen LogP contribution < -0.4 is 15.5 Å². The standard InChI is InChI=1S/C17H21N3O/c1-18-12-14-6-4-5-7-16(14)19-17(21)13-8-10-15(11-9-13)20(2)3/h4-11,18H,12H2,1-3H3,(H,19,21). The minimum Gasteiger partial charge on any atom is -0.378 e. The van der Waals surface area contributed by atoms with Gasteiger partial charge in [-0.3, -0.25) is 4.79 Å². The van der Waals surface area contributed by atoms with Crippen LogP contribution in [0.2, 0.25) is 0 Å². The lowest BCUT2D eigenvalue weighted by Gasteiger charge is -2.13. The maximum Gasteiger partial charge on any atom is 0.255 e. The Morgan fingerprint density at radius 1 is 1.05 bits per heavy atom. The second-order valence-corrected chi connectivity index (χ2v) is 5.08. The van der Waals surface area contributed by atoms with Crippen molar-refractivity contribution in [3.63, 3.8) is 0 Å². The number of anilines is 2. The molecule has 21 heavy (non-hydrogen) atoms. The van der Waals surface area contributed by atoms with Crippen molar-refractivity contribution < 1.29 is 4.79 Å². The topological polar surface area (TPSA) is 44.4 Å². The number of rotatable bonds is 5. The van der Waals surface area contributed by atoms with E-state index in [2.05, 4.69) is 10.6 Å². The maximum atomic E-state index is 12.3. The Kier molecular flexibility index (Phi) is 4.95. The van der Waals surface area contributed by atoms with Gasteiger partial charge in [0.2, 0.25) is 0 Å². The number of hydrogen-bond acceptors (Lipinski definition) is 3. The van der Waals surface area contributed by atoms with Crippen LogP contribution in [0.1, 0.15) is 15.9 Å². The van der Waals surface area contributed by atoms with Gasteiger partial charge < -0.3 is 15.5 Å². The first kappa shape index (κ1) is 15.1. The Bertz CT molecular complexity index is 606. The molecule has 2 rings (SSSR count). The monoisotopic (exact) mass is 283 g/mol. The predicted molar refractivity (Wildman–Crippen MR) is 87.9 cm³/mol. The van der Waals surface area contributed by atoms with Gasteiger partial charge in [-0.15, -0.1) is 0 Å². The SMILES string of the molecule is CNCc1ccccc1NC(=O)c1ccc(N(C)C)cc1. The molecular formula is C17H21N3O. The average molecular weight is 283 g/mol. The molecule has 0 aromatic heterocycles. The second-order valence-electron chi connectivity index (χ2n) is 5.08. The molecule has 4 nitrogen and oxygen atoms in total. The number of nitrogens with one attached hydrogen (secondary N) is 2. The minimum atomic E-state index is -0.0936. The van der Waals surface area contributed by atoms with Crippen molar-refractivity contribution in [3.8, 4) is 0 Å². The van der Waals surface area contributed by atoms with Crippen molar-refractivity contribution in [2.45, 2.75) is 6.54 Å². The number of carbonyl (C=O) groups excluding carboxylic acids is 1. The first-order valence-corrected chi connectivity index (χ1v) is 6.93. The van der Waals surface area contributed by atoms with Crippen LogP contribution in [-0.4, -0.2) is 27.1 Å². The number of hydrogen-bond donors (Lipinski definition) is 2. The molecule has 0 aliphatic carbocycles. The highest BCUT2D eigenvalue weighted by atomic mass is 16.1. The fraction of sp³-hybridized carbons (Fsp3) is 0.235. The Morgan fingerprint density at radius 3 is 2.33 bits per heavy atom. The molecule has 0 aliphatic heterocycles. The third-order valence-electron chi connectivity index (χ3n) is 3.28. The number of nitrogens with zero attached hydrogens (tertiary/aromatic N) is 1. The highest BCUT2D eigenvalue weighted by Gasteiger charge is 2.08. The van der Waals surface area contributed by atoms with Gasteiger partial charge in [0.1, 0.15) is 0 Å². The highest BCUT2D eigenvalue weighted by Crippen LogP contribution is 2.17. The van der Waals surface area contributed by atoms with E-state index in [4.69, 9.17) is 0 Å². The second kappa shape index (κ2) is 6.90. The average Bonchev–Trinajstić information content (AvgIpc) is 2.49. The smallest absolute Gasteiger partial charge is 0.255 e. The summed E-state index contributed by atoms with van der Waals surface area (Å²) in [4.78, 5) is 14.3. The summed E-state index contributed by atoms with van der Waals surface area (Å²) in [6.45, 7) is 0.718. The van der Waals surface area contributed by atoms with Gasteiger partial charge >= 0.3 is 0 Å². The van der Waals surface area contributed by atoms with Gasteiger partial charge in [0.25, 0.3) is 5.91 Å². The van der Waals surface area contributed by atoms with Crippen LogP contribution in [-0.2, 0) is 6.54 Å². The molecule has 0 radical (unpaired) electrons. The summed E-state index contributed by atoms with van der Waals surface area (Å²) in [5.74, 6) is -0.0936. The van der Waals surface area contributed by atoms with Gasteiger partial charge in [0.05, 0.1) is 0 Å². The van der Waals surface area contributed by atoms with Crippen LogP contribution in [0.5, 0.6) is 0 Å². The van der Waals surface area contributed by atoms with Crippen molar-refractivity contribution >= 4 is 17.3 Å². The number of amides is 1. The Balaban J connectivity index is 2.14. The van der Waals surface area contributed by atoms with E-state index in [-0.39, 0.29) is 5.91 Å². The first-order valence-electron chi connectivity index (χ1n) is 6.93. The molecular weight excluding hydrogens is 262 g/mol. The van der Waals surface area contributed by atoms with Gasteiger partial charge in [-0.05, 0) is 42.9 Å². The Hall–Kier alpha value is -2.33. The van der Waals surface area contributed by atoms with Crippen LogP contribution in [0.3, 0.4) is 0 Å². The van der Waals surface area contributed by atoms with Crippen LogP contribution in [0.4, 0.5) is 11.4 Å². The van der Waals surface area contributed by atoms with E-state index in [1.54, 1.807) is 0 Å². The summed E-state index contributed by atoms with van der Waals surface area (Å²) in [7, 11) is 5.84. The van der Waals surface area contributed by atoms with Gasteiger partial charge in [-0.1, -0.05) is 18.2 Å². The van der Waals surface area contributed by atoms with Gasteiger partial charge in [-0.25, -0.2) is 0 Å². The lowest BCUT2D eigenvalue weighted by atomic mass is 10.1. The summed E-state index contributed by atoms with van der Waals surface area (Å²) < 4.78 is 0. The molecule has 0 spiro atoms. The van der Waals surface area contributed by atoms with Crippen molar-refractivity contribution in [1.29, 1.82) is 0 Å². The number of benzene rings is 2. The van der Waals surface area contributed by atoms with Gasteiger partial charge in [0, 0.05) is 37.6 Å². The molecule has 2 aromatic carbocycles. The van der Waals surface area contributed by atoms with Crippen LogP contribution in [0, 0.1) is 0 Å². The molecule has 2 aromatic rings. The molecule has 0 aliphatic rings. The largest absolute Gasteiger partial charge is 0.378 e. The van der Waals surface area contributed by atoms with Crippen molar-refractivity contribution in [3.05, 3.63) is 59.7 Å². The molecule has 2 N–H and O–H groups in total. The van der Waals surface area contributed by atoms with Crippen molar-refractivity contribution in [2.24, 2.45) is 0 Å². The summed E-state index contributed by atoms with van der Waals surface area (Å²) in [6.07, 6.45) is 0. The molecule has 4 heteroatoms. The molecule has 0 unspecified atom stereocenters. The fourth-order valence-electron chi connectivity index (χ4n) is 2.09. The summed E-state index contributed by atoms with van der Waals surface area (Å²) in [5, 5.41) is 6.07. The molecule has 0 heterocycles. The molecule has 0 bridgehead atoms. The van der Waals surface area contributed by atoms with Gasteiger partial charge in [-0.2, -0.15) is 0 Å². The summed E-state index contributed by atoms with van der Waals surface area (Å²) >= 11 is 0. The molecule has 110 valence electrons. The normalized spacial score (nSPS) is 10.2. The van der Waals surface area contributed by atoms with E-state index in [9.17, 15) is 4.79 Å². The maximum absolute atomic E-state index is 12.3. The van der Waals surface area contributed by atoms with Gasteiger partial charge in [0.15, 0.2) is 0 Å². The zero-order chi connectivity index (χ0) is 15.2.